The highest BCUT2D eigenvalue weighted by atomic mass is 32.2. The summed E-state index contributed by atoms with van der Waals surface area (Å²) in [5.41, 5.74) is 2.72. The molecule has 1 aliphatic rings. The maximum Gasteiger partial charge on any atom is 0.261 e. The first-order valence-electron chi connectivity index (χ1n) is 8.89. The van der Waals surface area contributed by atoms with Crippen LogP contribution in [0.3, 0.4) is 0 Å². The minimum Gasteiger partial charge on any atom is -0.312 e. The zero-order valence-electron chi connectivity index (χ0n) is 15.4. The van der Waals surface area contributed by atoms with Crippen LogP contribution in [0.15, 0.2) is 47.4 Å². The number of aryl methyl sites for hydroxylation is 1. The summed E-state index contributed by atoms with van der Waals surface area (Å²) in [6.07, 6.45) is 1.88. The maximum absolute atomic E-state index is 12.6. The average Bonchev–Trinajstić information content (AvgIpc) is 2.64. The van der Waals surface area contributed by atoms with Gasteiger partial charge >= 0.3 is 0 Å². The Morgan fingerprint density at radius 3 is 2.44 bits per heavy atom. The van der Waals surface area contributed by atoms with Crippen molar-refractivity contribution < 1.29 is 18.0 Å². The fraction of sp³-hybridized carbons (Fsp3) is 0.300. The molecule has 0 unspecified atom stereocenters. The zero-order valence-corrected chi connectivity index (χ0v) is 16.2. The number of hydrogen-bond donors (Lipinski definition) is 1. The highest BCUT2D eigenvalue weighted by molar-refractivity contribution is 7.92. The van der Waals surface area contributed by atoms with Gasteiger partial charge in [0.1, 0.15) is 0 Å². The number of carbonyl (C=O) groups excluding carboxylic acids is 2. The minimum absolute atomic E-state index is 0.0907. The normalized spacial score (nSPS) is 14.0. The van der Waals surface area contributed by atoms with Crippen LogP contribution in [0, 0.1) is 0 Å². The first-order valence-corrected chi connectivity index (χ1v) is 10.4. The van der Waals surface area contributed by atoms with Gasteiger partial charge in [-0.2, -0.15) is 0 Å². The zero-order chi connectivity index (χ0) is 19.6. The van der Waals surface area contributed by atoms with Crippen molar-refractivity contribution in [3.63, 3.8) is 0 Å². The van der Waals surface area contributed by atoms with Crippen LogP contribution in [0.5, 0.6) is 0 Å². The van der Waals surface area contributed by atoms with Gasteiger partial charge in [0.25, 0.3) is 10.0 Å². The van der Waals surface area contributed by atoms with Gasteiger partial charge in [-0.05, 0) is 55.7 Å². The Morgan fingerprint density at radius 1 is 1.11 bits per heavy atom. The molecule has 1 heterocycles. The Labute approximate surface area is 159 Å². The number of fused-ring (bicyclic) bond motifs is 1. The van der Waals surface area contributed by atoms with E-state index >= 15 is 0 Å². The molecule has 0 saturated carbocycles. The van der Waals surface area contributed by atoms with Gasteiger partial charge in [-0.3, -0.25) is 14.3 Å². The molecule has 0 atom stereocenters. The van der Waals surface area contributed by atoms with Gasteiger partial charge in [0.2, 0.25) is 5.91 Å². The SMILES string of the molecule is CCCN1C(=O)CCc2cc(NS(=O)(=O)c3ccc(C(C)=O)cc3)ccc21. The number of nitrogens with zero attached hydrogens (tertiary/aromatic N) is 1. The topological polar surface area (TPSA) is 83.6 Å². The number of nitrogens with one attached hydrogen (secondary N) is 1. The predicted octanol–water partition coefficient (Wildman–Crippen LogP) is 3.38. The van der Waals surface area contributed by atoms with Crippen LogP contribution in [0.2, 0.25) is 0 Å². The number of ketones is 1. The lowest BCUT2D eigenvalue weighted by molar-refractivity contribution is -0.118. The summed E-state index contributed by atoms with van der Waals surface area (Å²) in [7, 11) is -3.76. The van der Waals surface area contributed by atoms with Gasteiger partial charge < -0.3 is 4.90 Å². The Hall–Kier alpha value is -2.67. The van der Waals surface area contributed by atoms with Crippen molar-refractivity contribution in [1.82, 2.24) is 0 Å². The van der Waals surface area contributed by atoms with E-state index in [9.17, 15) is 18.0 Å². The maximum atomic E-state index is 12.6. The van der Waals surface area contributed by atoms with Crippen LogP contribution < -0.4 is 9.62 Å². The molecule has 3 rings (SSSR count). The lowest BCUT2D eigenvalue weighted by Crippen LogP contribution is -2.35. The number of carbonyl (C=O) groups is 2. The van der Waals surface area contributed by atoms with Crippen LogP contribution in [0.1, 0.15) is 42.6 Å². The van der Waals surface area contributed by atoms with Crippen molar-refractivity contribution in [3.05, 3.63) is 53.6 Å². The van der Waals surface area contributed by atoms with Crippen LogP contribution in [-0.2, 0) is 21.2 Å². The second-order valence-electron chi connectivity index (χ2n) is 6.57. The molecule has 27 heavy (non-hydrogen) atoms. The lowest BCUT2D eigenvalue weighted by Gasteiger charge is -2.29. The number of rotatable bonds is 6. The van der Waals surface area contributed by atoms with Gasteiger partial charge in [-0.1, -0.05) is 19.1 Å². The number of sulfonamides is 1. The van der Waals surface area contributed by atoms with Crippen molar-refractivity contribution in [1.29, 1.82) is 0 Å². The molecule has 0 aromatic heterocycles. The number of amides is 1. The summed E-state index contributed by atoms with van der Waals surface area (Å²) in [4.78, 5) is 25.3. The summed E-state index contributed by atoms with van der Waals surface area (Å²) < 4.78 is 27.8. The fourth-order valence-corrected chi connectivity index (χ4v) is 4.22. The molecule has 1 N–H and O–H groups in total. The first kappa shape index (κ1) is 19.1. The molecule has 0 bridgehead atoms. The van der Waals surface area contributed by atoms with Crippen molar-refractivity contribution in [3.8, 4) is 0 Å². The summed E-state index contributed by atoms with van der Waals surface area (Å²) in [5.74, 6) is -0.0176. The molecule has 2 aromatic carbocycles. The second-order valence-corrected chi connectivity index (χ2v) is 8.26. The molecule has 0 spiro atoms. The monoisotopic (exact) mass is 386 g/mol. The van der Waals surface area contributed by atoms with Gasteiger partial charge in [-0.15, -0.1) is 0 Å². The third-order valence-electron chi connectivity index (χ3n) is 4.55. The number of hydrogen-bond acceptors (Lipinski definition) is 4. The van der Waals surface area contributed by atoms with E-state index < -0.39 is 10.0 Å². The standard InChI is InChI=1S/C20H22N2O4S/c1-3-12-22-19-10-7-17(13-16(19)6-11-20(22)24)21-27(25,26)18-8-4-15(5-9-18)14(2)23/h4-5,7-10,13,21H,3,6,11-12H2,1-2H3. The predicted molar refractivity (Wildman–Crippen MR) is 105 cm³/mol. The Balaban J connectivity index is 1.85. The highest BCUT2D eigenvalue weighted by Gasteiger charge is 2.24. The van der Waals surface area contributed by atoms with Gasteiger partial charge in [0.05, 0.1) is 4.90 Å². The number of anilines is 2. The van der Waals surface area contributed by atoms with E-state index in [0.29, 0.717) is 30.6 Å². The quantitative estimate of drug-likeness (QED) is 0.772. The molecule has 2 aromatic rings. The van der Waals surface area contributed by atoms with E-state index in [0.717, 1.165) is 17.7 Å². The van der Waals surface area contributed by atoms with Crippen LogP contribution >= 0.6 is 0 Å². The van der Waals surface area contributed by atoms with Crippen molar-refractivity contribution in [2.24, 2.45) is 0 Å². The molecular formula is C20H22N2O4S. The third kappa shape index (κ3) is 4.03. The largest absolute Gasteiger partial charge is 0.312 e. The summed E-state index contributed by atoms with van der Waals surface area (Å²) in [6.45, 7) is 4.10. The van der Waals surface area contributed by atoms with E-state index in [1.54, 1.807) is 23.1 Å². The van der Waals surface area contributed by atoms with Gasteiger partial charge in [0.15, 0.2) is 5.78 Å². The van der Waals surface area contributed by atoms with E-state index in [4.69, 9.17) is 0 Å². The van der Waals surface area contributed by atoms with Crippen LogP contribution in [-0.4, -0.2) is 26.7 Å². The molecule has 0 radical (unpaired) electrons. The molecule has 0 saturated heterocycles. The Morgan fingerprint density at radius 2 is 1.81 bits per heavy atom. The molecule has 1 amide bonds. The summed E-state index contributed by atoms with van der Waals surface area (Å²) in [5, 5.41) is 0. The van der Waals surface area contributed by atoms with E-state index in [1.165, 1.54) is 31.2 Å². The van der Waals surface area contributed by atoms with Crippen molar-refractivity contribution in [2.45, 2.75) is 38.0 Å². The molecule has 7 heteroatoms. The third-order valence-corrected chi connectivity index (χ3v) is 5.95. The lowest BCUT2D eigenvalue weighted by atomic mass is 10.0. The Kier molecular flexibility index (Phi) is 5.32. The summed E-state index contributed by atoms with van der Waals surface area (Å²) >= 11 is 0. The smallest absolute Gasteiger partial charge is 0.261 e. The average molecular weight is 386 g/mol. The fourth-order valence-electron chi connectivity index (χ4n) is 3.18. The van der Waals surface area contributed by atoms with Crippen LogP contribution in [0.4, 0.5) is 11.4 Å². The van der Waals surface area contributed by atoms with Gasteiger partial charge in [0, 0.05) is 29.9 Å². The Bertz CT molecular complexity index is 982. The molecule has 0 aliphatic carbocycles. The number of Topliss-reactive ketones (excluding diaryl/α,β-unsaturated/α-hetero) is 1. The molecular weight excluding hydrogens is 364 g/mol. The molecule has 142 valence electrons. The minimum atomic E-state index is -3.76. The van der Waals surface area contributed by atoms with E-state index in [-0.39, 0.29) is 16.6 Å². The van der Waals surface area contributed by atoms with Crippen molar-refractivity contribution >= 4 is 33.1 Å². The van der Waals surface area contributed by atoms with Crippen LogP contribution in [0.25, 0.3) is 0 Å². The molecule has 0 fully saturated rings. The van der Waals surface area contributed by atoms with E-state index in [2.05, 4.69) is 4.72 Å². The number of benzene rings is 2. The highest BCUT2D eigenvalue weighted by Crippen LogP contribution is 2.31. The second kappa shape index (κ2) is 7.52. The van der Waals surface area contributed by atoms with Gasteiger partial charge in [-0.25, -0.2) is 8.42 Å². The first-order chi connectivity index (χ1) is 12.8. The summed E-state index contributed by atoms with van der Waals surface area (Å²) in [6, 6.07) is 11.1. The van der Waals surface area contributed by atoms with Crippen molar-refractivity contribution in [2.75, 3.05) is 16.2 Å². The molecule has 6 nitrogen and oxygen atoms in total. The van der Waals surface area contributed by atoms with E-state index in [1.807, 2.05) is 6.92 Å². The molecule has 1 aliphatic heterocycles.